The Bertz CT molecular complexity index is 1130. The van der Waals surface area contributed by atoms with Gasteiger partial charge in [0.15, 0.2) is 11.6 Å². The summed E-state index contributed by atoms with van der Waals surface area (Å²) in [4.78, 5) is 39.8. The summed E-state index contributed by atoms with van der Waals surface area (Å²) in [5.74, 6) is 0.692. The highest BCUT2D eigenvalue weighted by Crippen LogP contribution is 2.74. The quantitative estimate of drug-likeness (QED) is 0.319. The number of esters is 1. The fraction of sp³-hybridized carbons (Fsp3) is 0.781. The van der Waals surface area contributed by atoms with E-state index in [1.807, 2.05) is 6.08 Å². The van der Waals surface area contributed by atoms with E-state index < -0.39 is 5.41 Å². The van der Waals surface area contributed by atoms with E-state index in [9.17, 15) is 14.4 Å². The molecule has 0 aromatic heterocycles. The molecule has 0 aromatic carbocycles. The molecule has 0 bridgehead atoms. The number of Topliss-reactive ketones (excluding diaryl/α,β-unsaturated/α-hetero) is 1. The molecule has 0 aromatic rings. The minimum Gasteiger partial charge on any atom is -0.469 e. The first kappa shape index (κ1) is 27.3. The van der Waals surface area contributed by atoms with Crippen molar-refractivity contribution < 1.29 is 19.1 Å². The van der Waals surface area contributed by atoms with Gasteiger partial charge in [-0.1, -0.05) is 60.1 Å². The Hall–Kier alpha value is -1.23. The van der Waals surface area contributed by atoms with Crippen molar-refractivity contribution in [3.63, 3.8) is 0 Å². The SMILES string of the molecule is COC(=O)C[C@@]1(C)CC[C@]2(C)CC[C@]3(C)[C@H](C(=O)C=C4[C@@]5(C)C=C(Br)C(=O)C(C)(C)[C@@H]5CC[C@]43C)[C@@H]2C1. The van der Waals surface area contributed by atoms with Gasteiger partial charge in [0.25, 0.3) is 0 Å². The van der Waals surface area contributed by atoms with E-state index in [4.69, 9.17) is 4.74 Å². The van der Waals surface area contributed by atoms with Crippen molar-refractivity contribution >= 4 is 33.5 Å². The summed E-state index contributed by atoms with van der Waals surface area (Å²) < 4.78 is 5.72. The summed E-state index contributed by atoms with van der Waals surface area (Å²) in [7, 11) is 1.47. The fourth-order valence-corrected chi connectivity index (χ4v) is 11.2. The van der Waals surface area contributed by atoms with Crippen molar-refractivity contribution in [1.29, 1.82) is 0 Å². The lowest BCUT2D eigenvalue weighted by atomic mass is 9.34. The molecule has 0 spiro atoms. The molecule has 5 rings (SSSR count). The molecule has 3 fully saturated rings. The minimum atomic E-state index is -0.477. The smallest absolute Gasteiger partial charge is 0.306 e. The van der Waals surface area contributed by atoms with E-state index >= 15 is 0 Å². The van der Waals surface area contributed by atoms with Crippen LogP contribution in [-0.4, -0.2) is 24.6 Å². The zero-order chi connectivity index (χ0) is 27.4. The topological polar surface area (TPSA) is 60.4 Å². The van der Waals surface area contributed by atoms with Crippen molar-refractivity contribution in [1.82, 2.24) is 0 Å². The van der Waals surface area contributed by atoms with Crippen LogP contribution in [0.15, 0.2) is 22.2 Å². The van der Waals surface area contributed by atoms with Crippen LogP contribution in [0.4, 0.5) is 0 Å². The summed E-state index contributed by atoms with van der Waals surface area (Å²) in [6, 6.07) is 0. The lowest BCUT2D eigenvalue weighted by Gasteiger charge is -2.69. The number of ketones is 2. The van der Waals surface area contributed by atoms with Crippen LogP contribution >= 0.6 is 15.9 Å². The van der Waals surface area contributed by atoms with Crippen LogP contribution in [0.3, 0.4) is 0 Å². The molecule has 4 nitrogen and oxygen atoms in total. The molecule has 0 heterocycles. The molecule has 0 N–H and O–H groups in total. The molecule has 0 unspecified atom stereocenters. The molecule has 8 atom stereocenters. The number of hydrogen-bond donors (Lipinski definition) is 0. The number of rotatable bonds is 2. The second-order valence-electron chi connectivity index (χ2n) is 15.1. The second kappa shape index (κ2) is 8.15. The zero-order valence-electron chi connectivity index (χ0n) is 24.1. The van der Waals surface area contributed by atoms with Crippen LogP contribution in [0.1, 0.15) is 99.8 Å². The lowest BCUT2D eigenvalue weighted by molar-refractivity contribution is -0.171. The second-order valence-corrected chi connectivity index (χ2v) is 16.0. The Kier molecular flexibility index (Phi) is 6.02. The van der Waals surface area contributed by atoms with Gasteiger partial charge in [-0.15, -0.1) is 0 Å². The molecule has 3 saturated carbocycles. The van der Waals surface area contributed by atoms with Crippen molar-refractivity contribution in [2.24, 2.45) is 50.2 Å². The van der Waals surface area contributed by atoms with Gasteiger partial charge in [0.1, 0.15) is 0 Å². The molecular weight excluding hydrogens is 528 g/mol. The molecular formula is C32H45BrO4. The highest BCUT2D eigenvalue weighted by Gasteiger charge is 2.69. The van der Waals surface area contributed by atoms with Crippen molar-refractivity contribution in [2.45, 2.75) is 99.8 Å². The lowest BCUT2D eigenvalue weighted by Crippen LogP contribution is -2.64. The van der Waals surface area contributed by atoms with Crippen LogP contribution in [0.5, 0.6) is 0 Å². The summed E-state index contributed by atoms with van der Waals surface area (Å²) in [6.07, 6.45) is 11.7. The average Bonchev–Trinajstić information content (AvgIpc) is 2.80. The number of fused-ring (bicyclic) bond motifs is 7. The largest absolute Gasteiger partial charge is 0.469 e. The van der Waals surface area contributed by atoms with Gasteiger partial charge in [0.05, 0.1) is 18.0 Å². The third-order valence-electron chi connectivity index (χ3n) is 12.8. The van der Waals surface area contributed by atoms with E-state index in [1.54, 1.807) is 0 Å². The highest BCUT2D eigenvalue weighted by atomic mass is 79.9. The maximum Gasteiger partial charge on any atom is 0.306 e. The van der Waals surface area contributed by atoms with Crippen molar-refractivity contribution in [2.75, 3.05) is 7.11 Å². The van der Waals surface area contributed by atoms with Crippen molar-refractivity contribution in [3.05, 3.63) is 22.2 Å². The molecule has 5 heteroatoms. The normalized spacial score (nSPS) is 48.5. The van der Waals surface area contributed by atoms with E-state index in [-0.39, 0.29) is 62.4 Å². The average molecular weight is 574 g/mol. The molecule has 5 aliphatic rings. The van der Waals surface area contributed by atoms with E-state index in [0.29, 0.717) is 10.9 Å². The van der Waals surface area contributed by atoms with Gasteiger partial charge in [-0.05, 0) is 100 Å². The highest BCUT2D eigenvalue weighted by molar-refractivity contribution is 9.12. The number of hydrogen-bond acceptors (Lipinski definition) is 4. The van der Waals surface area contributed by atoms with Gasteiger partial charge in [0.2, 0.25) is 0 Å². The standard InChI is InChI=1S/C32H45BrO4/c1-27(2)22-9-10-31(6)23(30(22,5)17-20(33)26(27)36)15-21(34)25-19-16-28(3,18-24(35)37-8)11-12-29(19,4)13-14-32(25,31)7/h15,17,19,22,25H,9-14,16,18H2,1-8H3/t19-,22-,25-,28-,29+,30-,31+,32+/m0/s1. The van der Waals surface area contributed by atoms with Crippen LogP contribution in [0.25, 0.3) is 0 Å². The Morgan fingerprint density at radius 2 is 1.65 bits per heavy atom. The minimum absolute atomic E-state index is 0.0388. The Morgan fingerprint density at radius 1 is 1.00 bits per heavy atom. The molecule has 0 saturated heterocycles. The van der Waals surface area contributed by atoms with Crippen LogP contribution < -0.4 is 0 Å². The Morgan fingerprint density at radius 3 is 2.30 bits per heavy atom. The molecule has 5 aliphatic carbocycles. The van der Waals surface area contributed by atoms with E-state index in [1.165, 1.54) is 12.7 Å². The van der Waals surface area contributed by atoms with E-state index in [0.717, 1.165) is 44.9 Å². The van der Waals surface area contributed by atoms with Crippen LogP contribution in [0, 0.1) is 50.2 Å². The van der Waals surface area contributed by atoms with Gasteiger partial charge in [-0.25, -0.2) is 0 Å². The number of carbonyl (C=O) groups is 3. The number of carbonyl (C=O) groups excluding carboxylic acids is 3. The van der Waals surface area contributed by atoms with Gasteiger partial charge in [0, 0.05) is 16.7 Å². The third kappa shape index (κ3) is 3.54. The van der Waals surface area contributed by atoms with Gasteiger partial charge >= 0.3 is 5.97 Å². The maximum absolute atomic E-state index is 14.4. The summed E-state index contributed by atoms with van der Waals surface area (Å²) in [5, 5.41) is 0. The van der Waals surface area contributed by atoms with Gasteiger partial charge < -0.3 is 4.74 Å². The van der Waals surface area contributed by atoms with Gasteiger partial charge in [-0.2, -0.15) is 0 Å². The maximum atomic E-state index is 14.4. The molecule has 204 valence electrons. The number of halogens is 1. The van der Waals surface area contributed by atoms with Crippen LogP contribution in [-0.2, 0) is 19.1 Å². The first-order valence-electron chi connectivity index (χ1n) is 14.2. The first-order chi connectivity index (χ1) is 17.0. The first-order valence-corrected chi connectivity index (χ1v) is 15.0. The van der Waals surface area contributed by atoms with Gasteiger partial charge in [-0.3, -0.25) is 14.4 Å². The predicted molar refractivity (Wildman–Crippen MR) is 149 cm³/mol. The number of ether oxygens (including phenoxy) is 1. The number of allylic oxidation sites excluding steroid dienone is 4. The monoisotopic (exact) mass is 572 g/mol. The predicted octanol–water partition coefficient (Wildman–Crippen LogP) is 7.60. The molecule has 0 aliphatic heterocycles. The third-order valence-corrected chi connectivity index (χ3v) is 13.4. The zero-order valence-corrected chi connectivity index (χ0v) is 25.6. The molecule has 37 heavy (non-hydrogen) atoms. The molecule has 0 amide bonds. The summed E-state index contributed by atoms with van der Waals surface area (Å²) in [6.45, 7) is 15.9. The fourth-order valence-electron chi connectivity index (χ4n) is 10.2. The Labute approximate surface area is 231 Å². The van der Waals surface area contributed by atoms with Crippen molar-refractivity contribution in [3.8, 4) is 0 Å². The summed E-state index contributed by atoms with van der Waals surface area (Å²) >= 11 is 3.61. The molecule has 0 radical (unpaired) electrons. The van der Waals surface area contributed by atoms with Crippen LogP contribution in [0.2, 0.25) is 0 Å². The number of methoxy groups -OCH3 is 1. The summed E-state index contributed by atoms with van der Waals surface area (Å²) in [5.41, 5.74) is 0.159. The van der Waals surface area contributed by atoms with E-state index in [2.05, 4.69) is 70.5 Å². The Balaban J connectivity index is 1.62.